The van der Waals surface area contributed by atoms with Crippen LogP contribution in [0.1, 0.15) is 13.3 Å². The molecule has 0 aromatic rings. The number of ether oxygens (including phenoxy) is 2. The van der Waals surface area contributed by atoms with Gasteiger partial charge in [0.05, 0.1) is 12.5 Å². The smallest absolute Gasteiger partial charge is 0.308 e. The van der Waals surface area contributed by atoms with Crippen molar-refractivity contribution in [2.24, 2.45) is 0 Å². The molecule has 0 aromatic heterocycles. The monoisotopic (exact) mass is 128 g/mol. The van der Waals surface area contributed by atoms with Crippen LogP contribution in [-0.4, -0.2) is 24.3 Å². The summed E-state index contributed by atoms with van der Waals surface area (Å²) < 4.78 is 9.99. The molecule has 2 rings (SSSR count). The Morgan fingerprint density at radius 1 is 1.67 bits per heavy atom. The van der Waals surface area contributed by atoms with Crippen molar-refractivity contribution >= 4 is 5.97 Å². The Hall–Kier alpha value is -0.570. The Morgan fingerprint density at radius 3 is 3.11 bits per heavy atom. The van der Waals surface area contributed by atoms with Crippen molar-refractivity contribution in [1.29, 1.82) is 0 Å². The summed E-state index contributed by atoms with van der Waals surface area (Å²) in [4.78, 5) is 10.6. The van der Waals surface area contributed by atoms with E-state index in [-0.39, 0.29) is 24.3 Å². The van der Waals surface area contributed by atoms with Crippen molar-refractivity contribution in [3.8, 4) is 0 Å². The molecular formula is C6H8O3. The number of fused-ring (bicyclic) bond motifs is 1. The molecule has 0 radical (unpaired) electrons. The van der Waals surface area contributed by atoms with Crippen molar-refractivity contribution in [3.05, 3.63) is 0 Å². The number of hydrogen-bond donors (Lipinski definition) is 0. The Bertz CT molecular complexity index is 154. The maximum absolute atomic E-state index is 10.6. The predicted molar refractivity (Wildman–Crippen MR) is 28.8 cm³/mol. The van der Waals surface area contributed by atoms with E-state index in [1.165, 1.54) is 0 Å². The molecule has 2 aliphatic rings. The molecule has 0 unspecified atom stereocenters. The van der Waals surface area contributed by atoms with Gasteiger partial charge in [-0.1, -0.05) is 0 Å². The van der Waals surface area contributed by atoms with Crippen LogP contribution in [-0.2, 0) is 14.3 Å². The van der Waals surface area contributed by atoms with Gasteiger partial charge in [-0.2, -0.15) is 0 Å². The third-order valence-electron chi connectivity index (χ3n) is 1.77. The van der Waals surface area contributed by atoms with Crippen molar-refractivity contribution in [2.45, 2.75) is 31.7 Å². The molecule has 0 spiro atoms. The van der Waals surface area contributed by atoms with E-state index in [1.807, 2.05) is 6.92 Å². The van der Waals surface area contributed by atoms with Gasteiger partial charge in [-0.15, -0.1) is 0 Å². The van der Waals surface area contributed by atoms with E-state index in [1.54, 1.807) is 0 Å². The van der Waals surface area contributed by atoms with Gasteiger partial charge < -0.3 is 9.47 Å². The second kappa shape index (κ2) is 1.48. The highest BCUT2D eigenvalue weighted by Crippen LogP contribution is 2.34. The normalized spacial score (nSPS) is 47.7. The van der Waals surface area contributed by atoms with E-state index in [0.29, 0.717) is 6.42 Å². The van der Waals surface area contributed by atoms with Crippen LogP contribution < -0.4 is 0 Å². The number of carbonyl (C=O) groups excluding carboxylic acids is 1. The zero-order chi connectivity index (χ0) is 6.43. The van der Waals surface area contributed by atoms with Crippen LogP contribution in [0.3, 0.4) is 0 Å². The zero-order valence-electron chi connectivity index (χ0n) is 5.16. The zero-order valence-corrected chi connectivity index (χ0v) is 5.16. The second-order valence-corrected chi connectivity index (χ2v) is 2.54. The third-order valence-corrected chi connectivity index (χ3v) is 1.77. The summed E-state index contributed by atoms with van der Waals surface area (Å²) in [6.07, 6.45) is 0.829. The molecule has 50 valence electrons. The molecule has 0 bridgehead atoms. The molecule has 0 aromatic carbocycles. The summed E-state index contributed by atoms with van der Waals surface area (Å²) in [5, 5.41) is 0. The first-order valence-electron chi connectivity index (χ1n) is 3.12. The van der Waals surface area contributed by atoms with E-state index >= 15 is 0 Å². The fourth-order valence-electron chi connectivity index (χ4n) is 1.22. The highest BCUT2D eigenvalue weighted by atomic mass is 16.6. The fourth-order valence-corrected chi connectivity index (χ4v) is 1.22. The minimum absolute atomic E-state index is 0.0174. The number of carbonyl (C=O) groups is 1. The van der Waals surface area contributed by atoms with Gasteiger partial charge in [-0.25, -0.2) is 0 Å². The minimum atomic E-state index is -0.124. The van der Waals surface area contributed by atoms with Crippen molar-refractivity contribution < 1.29 is 14.3 Å². The lowest BCUT2D eigenvalue weighted by atomic mass is 10.1. The first-order valence-corrected chi connectivity index (χ1v) is 3.12. The molecule has 0 amide bonds. The average Bonchev–Trinajstić information content (AvgIpc) is 2.43. The van der Waals surface area contributed by atoms with Gasteiger partial charge in [0.2, 0.25) is 0 Å². The summed E-state index contributed by atoms with van der Waals surface area (Å²) in [5.41, 5.74) is 0. The maximum Gasteiger partial charge on any atom is 0.308 e. The van der Waals surface area contributed by atoms with Crippen LogP contribution >= 0.6 is 0 Å². The number of rotatable bonds is 0. The van der Waals surface area contributed by atoms with Crippen molar-refractivity contribution in [3.63, 3.8) is 0 Å². The molecule has 2 saturated heterocycles. The quantitative estimate of drug-likeness (QED) is 0.343. The standard InChI is InChI=1S/C6H8O3/c1-3-6-4(9-6)2-5(7)8-3/h3-4,6H,2H2,1H3/t3-,4+,6-/m0/s1. The van der Waals surface area contributed by atoms with E-state index in [0.717, 1.165) is 0 Å². The van der Waals surface area contributed by atoms with Gasteiger partial charge in [-0.3, -0.25) is 4.79 Å². The van der Waals surface area contributed by atoms with E-state index < -0.39 is 0 Å². The molecule has 9 heavy (non-hydrogen) atoms. The Labute approximate surface area is 52.9 Å². The molecule has 3 heteroatoms. The number of cyclic esters (lactones) is 1. The van der Waals surface area contributed by atoms with Crippen LogP contribution in [0.25, 0.3) is 0 Å². The number of epoxide rings is 1. The summed E-state index contributed by atoms with van der Waals surface area (Å²) in [5.74, 6) is -0.124. The predicted octanol–water partition coefficient (Wildman–Crippen LogP) is 0.0892. The van der Waals surface area contributed by atoms with Crippen LogP contribution in [0.4, 0.5) is 0 Å². The van der Waals surface area contributed by atoms with Crippen molar-refractivity contribution in [2.75, 3.05) is 0 Å². The van der Waals surface area contributed by atoms with Gasteiger partial charge in [0.25, 0.3) is 0 Å². The van der Waals surface area contributed by atoms with Crippen LogP contribution in [0.5, 0.6) is 0 Å². The molecule has 2 aliphatic heterocycles. The lowest BCUT2D eigenvalue weighted by Crippen LogP contribution is -2.28. The van der Waals surface area contributed by atoms with Gasteiger partial charge in [0.1, 0.15) is 12.2 Å². The topological polar surface area (TPSA) is 38.8 Å². The molecular weight excluding hydrogens is 120 g/mol. The second-order valence-electron chi connectivity index (χ2n) is 2.54. The first-order chi connectivity index (χ1) is 4.27. The molecule has 0 N–H and O–H groups in total. The molecule has 0 aliphatic carbocycles. The maximum atomic E-state index is 10.6. The summed E-state index contributed by atoms with van der Waals surface area (Å²) in [6.45, 7) is 1.86. The lowest BCUT2D eigenvalue weighted by Gasteiger charge is -2.13. The van der Waals surface area contributed by atoms with Gasteiger partial charge >= 0.3 is 5.97 Å². The first kappa shape index (κ1) is 5.23. The third kappa shape index (κ3) is 0.721. The largest absolute Gasteiger partial charge is 0.460 e. The van der Waals surface area contributed by atoms with E-state index in [2.05, 4.69) is 0 Å². The lowest BCUT2D eigenvalue weighted by molar-refractivity contribution is -0.150. The molecule has 2 fully saturated rings. The summed E-state index contributed by atoms with van der Waals surface area (Å²) in [7, 11) is 0. The number of hydrogen-bond acceptors (Lipinski definition) is 3. The Kier molecular flexibility index (Phi) is 0.858. The van der Waals surface area contributed by atoms with E-state index in [9.17, 15) is 4.79 Å². The highest BCUT2D eigenvalue weighted by Gasteiger charge is 2.49. The average molecular weight is 128 g/mol. The Morgan fingerprint density at radius 2 is 2.44 bits per heavy atom. The molecule has 3 nitrogen and oxygen atoms in total. The number of esters is 1. The van der Waals surface area contributed by atoms with Crippen molar-refractivity contribution in [1.82, 2.24) is 0 Å². The van der Waals surface area contributed by atoms with Crippen LogP contribution in [0, 0.1) is 0 Å². The van der Waals surface area contributed by atoms with Gasteiger partial charge in [0, 0.05) is 0 Å². The minimum Gasteiger partial charge on any atom is -0.460 e. The molecule has 0 saturated carbocycles. The van der Waals surface area contributed by atoms with Crippen LogP contribution in [0.15, 0.2) is 0 Å². The SMILES string of the molecule is C[C@@H]1OC(=O)C[C@H]2O[C@@H]12. The van der Waals surface area contributed by atoms with Gasteiger partial charge in [0.15, 0.2) is 0 Å². The Balaban J connectivity index is 2.07. The van der Waals surface area contributed by atoms with E-state index in [4.69, 9.17) is 9.47 Å². The molecule has 2 heterocycles. The molecule has 3 atom stereocenters. The summed E-state index contributed by atoms with van der Waals surface area (Å²) >= 11 is 0. The van der Waals surface area contributed by atoms with Gasteiger partial charge in [-0.05, 0) is 6.92 Å². The summed E-state index contributed by atoms with van der Waals surface area (Å²) in [6, 6.07) is 0. The fraction of sp³-hybridized carbons (Fsp3) is 0.833. The van der Waals surface area contributed by atoms with Crippen LogP contribution in [0.2, 0.25) is 0 Å². The highest BCUT2D eigenvalue weighted by molar-refractivity contribution is 5.72.